The number of rotatable bonds is 5. The lowest BCUT2D eigenvalue weighted by molar-refractivity contribution is -0.153. The minimum Gasteiger partial charge on any atom is -0.376 e. The summed E-state index contributed by atoms with van der Waals surface area (Å²) in [6.07, 6.45) is 5.59. The monoisotopic (exact) mass is 443 g/mol. The maximum Gasteiger partial charge on any atom is 0.317 e. The molecule has 1 spiro atoms. The lowest BCUT2D eigenvalue weighted by atomic mass is 9.80. The third-order valence-corrected chi connectivity index (χ3v) is 7.39. The quantitative estimate of drug-likeness (QED) is 0.733. The lowest BCUT2D eigenvalue weighted by Gasteiger charge is -2.52. The van der Waals surface area contributed by atoms with E-state index < -0.39 is 11.6 Å². The van der Waals surface area contributed by atoms with Gasteiger partial charge >= 0.3 is 6.03 Å². The van der Waals surface area contributed by atoms with Crippen molar-refractivity contribution >= 4 is 11.9 Å². The number of ether oxygens (including phenoxy) is 2. The zero-order valence-corrected chi connectivity index (χ0v) is 19.3. The number of benzene rings is 1. The zero-order chi connectivity index (χ0) is 22.6. The maximum atomic E-state index is 12.8. The number of piperidine rings is 1. The minimum atomic E-state index is -0.589. The van der Waals surface area contributed by atoms with Gasteiger partial charge in [-0.1, -0.05) is 30.3 Å². The predicted octanol–water partition coefficient (Wildman–Crippen LogP) is 3.20. The second-order valence-corrected chi connectivity index (χ2v) is 9.46. The van der Waals surface area contributed by atoms with Crippen LogP contribution in [0.15, 0.2) is 30.3 Å². The van der Waals surface area contributed by atoms with Crippen LogP contribution in [-0.2, 0) is 14.3 Å². The first-order chi connectivity index (χ1) is 15.5. The summed E-state index contributed by atoms with van der Waals surface area (Å²) in [7, 11) is 0. The fourth-order valence-corrected chi connectivity index (χ4v) is 5.49. The molecule has 4 rings (SSSR count). The summed E-state index contributed by atoms with van der Waals surface area (Å²) < 4.78 is 12.3. The average molecular weight is 444 g/mol. The topological polar surface area (TPSA) is 79.9 Å². The highest BCUT2D eigenvalue weighted by atomic mass is 16.5. The van der Waals surface area contributed by atoms with Crippen LogP contribution in [0.2, 0.25) is 0 Å². The third kappa shape index (κ3) is 4.94. The highest BCUT2D eigenvalue weighted by Gasteiger charge is 2.50. The fraction of sp³-hybridized carbons (Fsp3) is 0.680. The van der Waals surface area contributed by atoms with Gasteiger partial charge in [0.2, 0.25) is 5.91 Å². The Kier molecular flexibility index (Phi) is 7.36. The number of likely N-dealkylation sites (tertiary alicyclic amines) is 1. The van der Waals surface area contributed by atoms with Crippen LogP contribution >= 0.6 is 0 Å². The molecule has 7 nitrogen and oxygen atoms in total. The average Bonchev–Trinajstić information content (AvgIpc) is 2.82. The number of carbonyl (C=O) groups excluding carboxylic acids is 2. The van der Waals surface area contributed by atoms with Crippen molar-refractivity contribution in [2.24, 2.45) is 0 Å². The van der Waals surface area contributed by atoms with E-state index >= 15 is 0 Å². The number of amides is 3. The van der Waals surface area contributed by atoms with Crippen LogP contribution in [0.25, 0.3) is 0 Å². The molecule has 2 N–H and O–H groups in total. The summed E-state index contributed by atoms with van der Waals surface area (Å²) in [5.41, 5.74) is 0.824. The zero-order valence-electron chi connectivity index (χ0n) is 19.3. The molecule has 3 aliphatic rings. The number of urea groups is 1. The van der Waals surface area contributed by atoms with E-state index in [0.29, 0.717) is 32.2 Å². The molecule has 1 aliphatic carbocycles. The summed E-state index contributed by atoms with van der Waals surface area (Å²) in [4.78, 5) is 27.2. The number of morpholine rings is 1. The molecule has 1 unspecified atom stereocenters. The molecule has 3 amide bonds. The van der Waals surface area contributed by atoms with E-state index in [2.05, 4.69) is 41.0 Å². The van der Waals surface area contributed by atoms with Crippen LogP contribution in [0, 0.1) is 0 Å². The molecule has 0 radical (unpaired) electrons. The van der Waals surface area contributed by atoms with Gasteiger partial charge in [-0.05, 0) is 63.9 Å². The molecule has 0 bridgehead atoms. The van der Waals surface area contributed by atoms with E-state index in [4.69, 9.17) is 9.47 Å². The second kappa shape index (κ2) is 10.2. The normalized spacial score (nSPS) is 33.1. The predicted molar refractivity (Wildman–Crippen MR) is 122 cm³/mol. The van der Waals surface area contributed by atoms with E-state index in [-0.39, 0.29) is 24.1 Å². The van der Waals surface area contributed by atoms with Gasteiger partial charge in [-0.3, -0.25) is 4.79 Å². The summed E-state index contributed by atoms with van der Waals surface area (Å²) in [5.74, 6) is 0.485. The molecule has 2 saturated heterocycles. The van der Waals surface area contributed by atoms with E-state index in [1.165, 1.54) is 5.56 Å². The van der Waals surface area contributed by atoms with Gasteiger partial charge in [0.1, 0.15) is 6.10 Å². The Balaban J connectivity index is 1.42. The fourth-order valence-electron chi connectivity index (χ4n) is 5.49. The van der Waals surface area contributed by atoms with Crippen LogP contribution < -0.4 is 10.6 Å². The van der Waals surface area contributed by atoms with Gasteiger partial charge in [-0.15, -0.1) is 0 Å². The van der Waals surface area contributed by atoms with Crippen LogP contribution in [0.3, 0.4) is 0 Å². The van der Waals surface area contributed by atoms with Crippen molar-refractivity contribution in [1.82, 2.24) is 15.5 Å². The Morgan fingerprint density at radius 3 is 2.69 bits per heavy atom. The first-order valence-corrected chi connectivity index (χ1v) is 12.2. The molecule has 1 aromatic rings. The van der Waals surface area contributed by atoms with Crippen molar-refractivity contribution in [2.45, 2.75) is 82.1 Å². The van der Waals surface area contributed by atoms with Crippen molar-refractivity contribution in [2.75, 3.05) is 26.3 Å². The van der Waals surface area contributed by atoms with Crippen molar-refractivity contribution in [3.63, 3.8) is 0 Å². The first kappa shape index (κ1) is 23.1. The number of nitrogens with one attached hydrogen (secondary N) is 2. The van der Waals surface area contributed by atoms with Crippen LogP contribution in [0.4, 0.5) is 4.79 Å². The van der Waals surface area contributed by atoms with Gasteiger partial charge in [0.05, 0.1) is 30.9 Å². The van der Waals surface area contributed by atoms with E-state index in [9.17, 15) is 9.59 Å². The number of nitrogens with zero attached hydrogens (tertiary/aromatic N) is 1. The standard InChI is InChI=1S/C25H37N3O4/c1-3-26-24(30)28-15-7-14-25(17-32-18(2)23(29)27-25)22(28)16-31-21-12-10-20(11-13-21)19-8-5-4-6-9-19/h4-6,8-9,18,20-22H,3,7,10-17H2,1-2H3,(H,26,30)(H,27,29)/t18?,20?,21?,22-,25+/m1/s1. The van der Waals surface area contributed by atoms with E-state index in [1.807, 2.05) is 11.8 Å². The third-order valence-electron chi connectivity index (χ3n) is 7.39. The van der Waals surface area contributed by atoms with Gasteiger partial charge in [-0.25, -0.2) is 4.79 Å². The molecule has 1 saturated carbocycles. The van der Waals surface area contributed by atoms with Crippen molar-refractivity contribution in [1.29, 1.82) is 0 Å². The smallest absolute Gasteiger partial charge is 0.317 e. The van der Waals surface area contributed by atoms with Crippen LogP contribution in [0.1, 0.15) is 63.9 Å². The first-order valence-electron chi connectivity index (χ1n) is 12.2. The minimum absolute atomic E-state index is 0.0965. The summed E-state index contributed by atoms with van der Waals surface area (Å²) in [5, 5.41) is 6.14. The largest absolute Gasteiger partial charge is 0.376 e. The van der Waals surface area contributed by atoms with Gasteiger partial charge in [0.25, 0.3) is 0 Å². The van der Waals surface area contributed by atoms with Crippen LogP contribution in [-0.4, -0.2) is 66.9 Å². The molecule has 176 valence electrons. The Bertz CT molecular complexity index is 781. The molecule has 2 aliphatic heterocycles. The molecule has 0 aromatic heterocycles. The van der Waals surface area contributed by atoms with Gasteiger partial charge in [0.15, 0.2) is 0 Å². The lowest BCUT2D eigenvalue weighted by Crippen LogP contribution is -2.73. The number of carbonyl (C=O) groups is 2. The molecule has 1 aromatic carbocycles. The summed E-state index contributed by atoms with van der Waals surface area (Å²) in [6.45, 7) is 5.73. The summed E-state index contributed by atoms with van der Waals surface area (Å²) in [6, 6.07) is 10.4. The van der Waals surface area contributed by atoms with Crippen molar-refractivity contribution in [3.05, 3.63) is 35.9 Å². The molecule has 2 heterocycles. The van der Waals surface area contributed by atoms with Gasteiger partial charge in [0, 0.05) is 13.1 Å². The van der Waals surface area contributed by atoms with Crippen molar-refractivity contribution < 1.29 is 19.1 Å². The SMILES string of the molecule is CCNC(=O)N1CCC[C@]2(COC(C)C(=O)N2)[C@H]1COC1CCC(c2ccccc2)CC1. The maximum absolute atomic E-state index is 12.8. The molecule has 3 atom stereocenters. The highest BCUT2D eigenvalue weighted by molar-refractivity contribution is 5.82. The molecule has 3 fully saturated rings. The molecular weight excluding hydrogens is 406 g/mol. The Labute approximate surface area is 191 Å². The van der Waals surface area contributed by atoms with Gasteiger partial charge < -0.3 is 25.0 Å². The molecule has 7 heteroatoms. The van der Waals surface area contributed by atoms with E-state index in [1.54, 1.807) is 6.92 Å². The van der Waals surface area contributed by atoms with E-state index in [0.717, 1.165) is 38.5 Å². The van der Waals surface area contributed by atoms with Gasteiger partial charge in [-0.2, -0.15) is 0 Å². The number of hydrogen-bond donors (Lipinski definition) is 2. The Morgan fingerprint density at radius 2 is 2.00 bits per heavy atom. The summed E-state index contributed by atoms with van der Waals surface area (Å²) >= 11 is 0. The second-order valence-electron chi connectivity index (χ2n) is 9.46. The highest BCUT2D eigenvalue weighted by Crippen LogP contribution is 2.36. The number of hydrogen-bond acceptors (Lipinski definition) is 4. The molecular formula is C25H37N3O4. The Hall–Kier alpha value is -2.12. The Morgan fingerprint density at radius 1 is 1.25 bits per heavy atom. The molecule has 32 heavy (non-hydrogen) atoms. The van der Waals surface area contributed by atoms with Crippen LogP contribution in [0.5, 0.6) is 0 Å². The van der Waals surface area contributed by atoms with Crippen molar-refractivity contribution in [3.8, 4) is 0 Å².